The van der Waals surface area contributed by atoms with E-state index in [0.29, 0.717) is 13.1 Å². The largest absolute Gasteiger partial charge is 0.479 e. The number of carboxylic acids is 1. The number of nitrogens with one attached hydrogen (secondary N) is 1. The lowest BCUT2D eigenvalue weighted by Crippen LogP contribution is -2.46. The number of ether oxygens (including phenoxy) is 1. The molecular formula is C14H24N2O4. The highest BCUT2D eigenvalue weighted by Crippen LogP contribution is 2.29. The van der Waals surface area contributed by atoms with Crippen LogP contribution in [0.15, 0.2) is 11.6 Å². The number of urea groups is 1. The summed E-state index contributed by atoms with van der Waals surface area (Å²) in [6.45, 7) is 7.65. The Bertz CT molecular complexity index is 398. The van der Waals surface area contributed by atoms with Gasteiger partial charge < -0.3 is 20.1 Å². The lowest BCUT2D eigenvalue weighted by Gasteiger charge is -2.32. The number of nitrogens with zero attached hydrogens (tertiary/aromatic N) is 1. The van der Waals surface area contributed by atoms with Crippen LogP contribution in [0.5, 0.6) is 0 Å². The summed E-state index contributed by atoms with van der Waals surface area (Å²) in [4.78, 5) is 24.4. The SMILES string of the molecule is COC(CNC(=O)N1CC=C(C(C)(C)C)CC1)C(=O)O. The van der Waals surface area contributed by atoms with Crippen molar-refractivity contribution in [3.63, 3.8) is 0 Å². The van der Waals surface area contributed by atoms with E-state index in [1.54, 1.807) is 4.90 Å². The number of amides is 2. The van der Waals surface area contributed by atoms with E-state index < -0.39 is 12.1 Å². The van der Waals surface area contributed by atoms with Crippen LogP contribution in [0.1, 0.15) is 27.2 Å². The van der Waals surface area contributed by atoms with Crippen molar-refractivity contribution in [1.82, 2.24) is 10.2 Å². The van der Waals surface area contributed by atoms with Gasteiger partial charge in [-0.05, 0) is 11.8 Å². The number of rotatable bonds is 4. The Morgan fingerprint density at radius 2 is 2.15 bits per heavy atom. The number of methoxy groups -OCH3 is 1. The van der Waals surface area contributed by atoms with Gasteiger partial charge in [0.2, 0.25) is 0 Å². The summed E-state index contributed by atoms with van der Waals surface area (Å²) in [5.74, 6) is -1.08. The predicted molar refractivity (Wildman–Crippen MR) is 75.6 cm³/mol. The van der Waals surface area contributed by atoms with Crippen molar-refractivity contribution in [2.75, 3.05) is 26.7 Å². The van der Waals surface area contributed by atoms with Crippen molar-refractivity contribution < 1.29 is 19.4 Å². The molecule has 0 aromatic carbocycles. The molecule has 1 unspecified atom stereocenters. The summed E-state index contributed by atoms with van der Waals surface area (Å²) in [6, 6.07) is -0.252. The Morgan fingerprint density at radius 1 is 1.50 bits per heavy atom. The van der Waals surface area contributed by atoms with Gasteiger partial charge >= 0.3 is 12.0 Å². The maximum atomic E-state index is 11.9. The molecule has 0 aliphatic carbocycles. The van der Waals surface area contributed by atoms with Gasteiger partial charge in [-0.25, -0.2) is 9.59 Å². The number of carbonyl (C=O) groups excluding carboxylic acids is 1. The third kappa shape index (κ3) is 4.52. The summed E-state index contributed by atoms with van der Waals surface area (Å²) in [5, 5.41) is 11.4. The molecule has 114 valence electrons. The lowest BCUT2D eigenvalue weighted by molar-refractivity contribution is -0.148. The van der Waals surface area contributed by atoms with E-state index in [2.05, 4.69) is 32.2 Å². The molecule has 1 aliphatic heterocycles. The quantitative estimate of drug-likeness (QED) is 0.766. The van der Waals surface area contributed by atoms with Crippen LogP contribution in [0.3, 0.4) is 0 Å². The summed E-state index contributed by atoms with van der Waals surface area (Å²) in [6.07, 6.45) is 1.92. The van der Waals surface area contributed by atoms with Crippen LogP contribution in [-0.4, -0.2) is 54.9 Å². The Kier molecular flexibility index (Phi) is 5.56. The molecule has 0 aromatic rings. The molecule has 1 heterocycles. The minimum Gasteiger partial charge on any atom is -0.479 e. The van der Waals surface area contributed by atoms with Crippen LogP contribution in [0.2, 0.25) is 0 Å². The van der Waals surface area contributed by atoms with Gasteiger partial charge in [-0.1, -0.05) is 32.4 Å². The fourth-order valence-electron chi connectivity index (χ4n) is 2.10. The van der Waals surface area contributed by atoms with Crippen molar-refractivity contribution in [3.8, 4) is 0 Å². The maximum Gasteiger partial charge on any atom is 0.334 e. The molecule has 0 bridgehead atoms. The average Bonchev–Trinajstić information content (AvgIpc) is 2.38. The second kappa shape index (κ2) is 6.74. The van der Waals surface area contributed by atoms with E-state index >= 15 is 0 Å². The molecule has 0 fully saturated rings. The van der Waals surface area contributed by atoms with Gasteiger partial charge in [-0.2, -0.15) is 0 Å². The molecule has 0 saturated carbocycles. The van der Waals surface area contributed by atoms with E-state index in [1.807, 2.05) is 0 Å². The fourth-order valence-corrected chi connectivity index (χ4v) is 2.10. The van der Waals surface area contributed by atoms with Gasteiger partial charge in [-0.3, -0.25) is 0 Å². The third-order valence-electron chi connectivity index (χ3n) is 3.46. The first-order valence-electron chi connectivity index (χ1n) is 6.73. The Morgan fingerprint density at radius 3 is 2.55 bits per heavy atom. The van der Waals surface area contributed by atoms with Gasteiger partial charge in [0.25, 0.3) is 0 Å². The van der Waals surface area contributed by atoms with E-state index in [4.69, 9.17) is 9.84 Å². The van der Waals surface area contributed by atoms with Crippen LogP contribution in [-0.2, 0) is 9.53 Å². The molecule has 0 radical (unpaired) electrons. The van der Waals surface area contributed by atoms with Gasteiger partial charge in [0, 0.05) is 20.2 Å². The smallest absolute Gasteiger partial charge is 0.334 e. The highest BCUT2D eigenvalue weighted by atomic mass is 16.5. The average molecular weight is 284 g/mol. The Labute approximate surface area is 119 Å². The number of carbonyl (C=O) groups is 2. The number of hydrogen-bond donors (Lipinski definition) is 2. The second-order valence-corrected chi connectivity index (χ2v) is 5.92. The molecule has 2 amide bonds. The molecular weight excluding hydrogens is 260 g/mol. The summed E-state index contributed by atoms with van der Waals surface area (Å²) >= 11 is 0. The van der Waals surface area contributed by atoms with Crippen LogP contribution >= 0.6 is 0 Å². The zero-order valence-electron chi connectivity index (χ0n) is 12.6. The van der Waals surface area contributed by atoms with Crippen molar-refractivity contribution in [1.29, 1.82) is 0 Å². The van der Waals surface area contributed by atoms with Gasteiger partial charge in [0.05, 0.1) is 6.54 Å². The molecule has 0 saturated heterocycles. The first kappa shape index (κ1) is 16.5. The van der Waals surface area contributed by atoms with E-state index in [0.717, 1.165) is 6.42 Å². The zero-order chi connectivity index (χ0) is 15.3. The molecule has 1 aliphatic rings. The number of carboxylic acid groups (broad SMARTS) is 1. The van der Waals surface area contributed by atoms with Crippen molar-refractivity contribution in [2.24, 2.45) is 5.41 Å². The Hall–Kier alpha value is -1.56. The molecule has 1 rings (SSSR count). The molecule has 1 atom stereocenters. The van der Waals surface area contributed by atoms with Gasteiger partial charge in [-0.15, -0.1) is 0 Å². The van der Waals surface area contributed by atoms with Crippen LogP contribution in [0.25, 0.3) is 0 Å². The van der Waals surface area contributed by atoms with Crippen molar-refractivity contribution in [2.45, 2.75) is 33.3 Å². The predicted octanol–water partition coefficient (Wildman–Crippen LogP) is 1.47. The van der Waals surface area contributed by atoms with Gasteiger partial charge in [0.15, 0.2) is 6.10 Å². The molecule has 0 spiro atoms. The topological polar surface area (TPSA) is 78.9 Å². The molecule has 20 heavy (non-hydrogen) atoms. The summed E-state index contributed by atoms with van der Waals surface area (Å²) < 4.78 is 4.77. The monoisotopic (exact) mass is 284 g/mol. The minimum atomic E-state index is -1.08. The van der Waals surface area contributed by atoms with Crippen molar-refractivity contribution >= 4 is 12.0 Å². The molecule has 6 heteroatoms. The second-order valence-electron chi connectivity index (χ2n) is 5.92. The molecule has 0 aromatic heterocycles. The summed E-state index contributed by atoms with van der Waals surface area (Å²) in [7, 11) is 1.31. The van der Waals surface area contributed by atoms with Crippen molar-refractivity contribution in [3.05, 3.63) is 11.6 Å². The van der Waals surface area contributed by atoms with Crippen LogP contribution in [0.4, 0.5) is 4.79 Å². The first-order chi connectivity index (χ1) is 9.25. The maximum absolute atomic E-state index is 11.9. The van der Waals surface area contributed by atoms with E-state index in [1.165, 1.54) is 12.7 Å². The summed E-state index contributed by atoms with van der Waals surface area (Å²) in [5.41, 5.74) is 1.48. The minimum absolute atomic E-state index is 0.0307. The fraction of sp³-hybridized carbons (Fsp3) is 0.714. The normalized spacial score (nSPS) is 17.4. The van der Waals surface area contributed by atoms with Crippen LogP contribution in [0, 0.1) is 5.41 Å². The third-order valence-corrected chi connectivity index (χ3v) is 3.46. The highest BCUT2D eigenvalue weighted by molar-refractivity contribution is 5.77. The number of aliphatic carboxylic acids is 1. The van der Waals surface area contributed by atoms with E-state index in [-0.39, 0.29) is 18.0 Å². The standard InChI is InChI=1S/C14H24N2O4/c1-14(2,3)10-5-7-16(8-6-10)13(19)15-9-11(20-4)12(17)18/h5,11H,6-9H2,1-4H3,(H,15,19)(H,17,18). The molecule has 6 nitrogen and oxygen atoms in total. The number of hydrogen-bond acceptors (Lipinski definition) is 3. The van der Waals surface area contributed by atoms with Crippen LogP contribution < -0.4 is 5.32 Å². The lowest BCUT2D eigenvalue weighted by atomic mass is 9.83. The zero-order valence-corrected chi connectivity index (χ0v) is 12.6. The highest BCUT2D eigenvalue weighted by Gasteiger charge is 2.24. The van der Waals surface area contributed by atoms with Gasteiger partial charge in [0.1, 0.15) is 0 Å². The molecule has 2 N–H and O–H groups in total. The first-order valence-corrected chi connectivity index (χ1v) is 6.73. The Balaban J connectivity index is 2.47. The van der Waals surface area contributed by atoms with E-state index in [9.17, 15) is 9.59 Å².